The predicted molar refractivity (Wildman–Crippen MR) is 63.5 cm³/mol. The highest BCUT2D eigenvalue weighted by Crippen LogP contribution is 2.33. The first-order chi connectivity index (χ1) is 7.20. The number of nitrogens with two attached hydrogens (primary N) is 1. The van der Waals surface area contributed by atoms with E-state index in [0.717, 1.165) is 10.4 Å². The molecule has 15 heavy (non-hydrogen) atoms. The summed E-state index contributed by atoms with van der Waals surface area (Å²) in [4.78, 5) is 5.00. The van der Waals surface area contributed by atoms with Crippen molar-refractivity contribution in [3.8, 4) is 16.2 Å². The van der Waals surface area contributed by atoms with E-state index in [-0.39, 0.29) is 0 Å². The van der Waals surface area contributed by atoms with Crippen LogP contribution in [0.25, 0.3) is 10.4 Å². The van der Waals surface area contributed by atoms with Crippen LogP contribution in [0.2, 0.25) is 5.02 Å². The third-order valence-corrected chi connectivity index (χ3v) is 3.15. The van der Waals surface area contributed by atoms with Crippen LogP contribution < -0.4 is 10.5 Å². The normalized spacial score (nSPS) is 10.3. The van der Waals surface area contributed by atoms with Crippen LogP contribution in [0.15, 0.2) is 24.4 Å². The molecule has 2 aromatic rings. The lowest BCUT2D eigenvalue weighted by Gasteiger charge is -2.04. The van der Waals surface area contributed by atoms with Gasteiger partial charge in [-0.1, -0.05) is 29.0 Å². The van der Waals surface area contributed by atoms with Crippen LogP contribution in [0.3, 0.4) is 0 Å². The number of hydrogen-bond donors (Lipinski definition) is 1. The minimum atomic E-state index is 0.555. The van der Waals surface area contributed by atoms with E-state index in [1.165, 1.54) is 11.3 Å². The van der Waals surface area contributed by atoms with Gasteiger partial charge in [0.2, 0.25) is 0 Å². The van der Waals surface area contributed by atoms with Crippen LogP contribution in [-0.2, 0) is 0 Å². The second kappa shape index (κ2) is 4.08. The summed E-state index contributed by atoms with van der Waals surface area (Å²) >= 11 is 7.36. The molecule has 0 saturated heterocycles. The van der Waals surface area contributed by atoms with Crippen molar-refractivity contribution in [3.05, 3.63) is 29.4 Å². The van der Waals surface area contributed by atoms with Gasteiger partial charge in [0.15, 0.2) is 5.13 Å². The molecule has 1 heterocycles. The molecule has 5 heteroatoms. The Labute approximate surface area is 96.5 Å². The predicted octanol–water partition coefficient (Wildman–Crippen LogP) is 3.05. The number of aromatic nitrogens is 1. The maximum Gasteiger partial charge on any atom is 0.180 e. The van der Waals surface area contributed by atoms with Crippen LogP contribution in [-0.4, -0.2) is 12.1 Å². The molecule has 1 aromatic carbocycles. The molecule has 0 atom stereocenters. The fourth-order valence-corrected chi connectivity index (χ4v) is 2.11. The maximum absolute atomic E-state index is 5.93. The van der Waals surface area contributed by atoms with Gasteiger partial charge in [-0.05, 0) is 17.7 Å². The van der Waals surface area contributed by atoms with Crippen LogP contribution in [0.4, 0.5) is 5.13 Å². The molecule has 0 amide bonds. The first kappa shape index (κ1) is 10.3. The Morgan fingerprint density at radius 3 is 2.87 bits per heavy atom. The minimum absolute atomic E-state index is 0.555. The number of halogens is 1. The summed E-state index contributed by atoms with van der Waals surface area (Å²) in [5.74, 6) is 0.654. The summed E-state index contributed by atoms with van der Waals surface area (Å²) in [6.07, 6.45) is 1.74. The third-order valence-electron chi connectivity index (χ3n) is 1.96. The van der Waals surface area contributed by atoms with Crippen molar-refractivity contribution < 1.29 is 4.74 Å². The van der Waals surface area contributed by atoms with Gasteiger partial charge in [0.1, 0.15) is 5.75 Å². The Morgan fingerprint density at radius 2 is 2.27 bits per heavy atom. The van der Waals surface area contributed by atoms with Gasteiger partial charge in [-0.25, -0.2) is 4.98 Å². The zero-order chi connectivity index (χ0) is 10.8. The Kier molecular flexibility index (Phi) is 2.79. The van der Waals surface area contributed by atoms with E-state index >= 15 is 0 Å². The van der Waals surface area contributed by atoms with Crippen molar-refractivity contribution in [2.75, 3.05) is 12.8 Å². The average Bonchev–Trinajstić information content (AvgIpc) is 2.66. The zero-order valence-electron chi connectivity index (χ0n) is 8.03. The summed E-state index contributed by atoms with van der Waals surface area (Å²) in [6, 6.07) is 5.58. The van der Waals surface area contributed by atoms with Crippen molar-refractivity contribution in [2.45, 2.75) is 0 Å². The molecular weight excluding hydrogens is 232 g/mol. The first-order valence-corrected chi connectivity index (χ1v) is 5.45. The number of thiazole rings is 1. The molecule has 0 radical (unpaired) electrons. The summed E-state index contributed by atoms with van der Waals surface area (Å²) in [5.41, 5.74) is 6.57. The van der Waals surface area contributed by atoms with Gasteiger partial charge < -0.3 is 10.5 Å². The van der Waals surface area contributed by atoms with Crippen molar-refractivity contribution in [3.63, 3.8) is 0 Å². The molecule has 0 aliphatic heterocycles. The van der Waals surface area contributed by atoms with Crippen molar-refractivity contribution >= 4 is 28.1 Å². The third kappa shape index (κ3) is 2.06. The van der Waals surface area contributed by atoms with Gasteiger partial charge in [-0.3, -0.25) is 0 Å². The highest BCUT2D eigenvalue weighted by molar-refractivity contribution is 7.18. The van der Waals surface area contributed by atoms with E-state index in [2.05, 4.69) is 4.98 Å². The summed E-state index contributed by atoms with van der Waals surface area (Å²) in [6.45, 7) is 0. The van der Waals surface area contributed by atoms with Crippen LogP contribution in [0.5, 0.6) is 5.75 Å². The number of nitrogens with zero attached hydrogens (tertiary/aromatic N) is 1. The van der Waals surface area contributed by atoms with Crippen molar-refractivity contribution in [2.24, 2.45) is 0 Å². The summed E-state index contributed by atoms with van der Waals surface area (Å²) in [7, 11) is 1.59. The Balaban J connectivity index is 2.45. The molecule has 0 saturated carbocycles. The van der Waals surface area contributed by atoms with E-state index in [9.17, 15) is 0 Å². The fourth-order valence-electron chi connectivity index (χ4n) is 1.23. The molecular formula is C10H9ClN2OS. The Bertz CT molecular complexity index is 484. The van der Waals surface area contributed by atoms with Crippen molar-refractivity contribution in [1.82, 2.24) is 4.98 Å². The lowest BCUT2D eigenvalue weighted by atomic mass is 10.2. The SMILES string of the molecule is COc1cc(-c2cnc(N)s2)ccc1Cl. The van der Waals surface area contributed by atoms with E-state index in [1.807, 2.05) is 12.1 Å². The first-order valence-electron chi connectivity index (χ1n) is 4.26. The average molecular weight is 241 g/mol. The lowest BCUT2D eigenvalue weighted by molar-refractivity contribution is 0.415. The Morgan fingerprint density at radius 1 is 1.47 bits per heavy atom. The van der Waals surface area contributed by atoms with Gasteiger partial charge in [-0.2, -0.15) is 0 Å². The molecule has 0 unspecified atom stereocenters. The molecule has 0 fully saturated rings. The molecule has 0 bridgehead atoms. The molecule has 0 spiro atoms. The second-order valence-electron chi connectivity index (χ2n) is 2.91. The molecule has 3 nitrogen and oxygen atoms in total. The Hall–Kier alpha value is -1.26. The van der Waals surface area contributed by atoms with E-state index in [0.29, 0.717) is 15.9 Å². The van der Waals surface area contributed by atoms with E-state index in [4.69, 9.17) is 22.1 Å². The molecule has 0 aliphatic rings. The highest BCUT2D eigenvalue weighted by Gasteiger charge is 2.06. The standard InChI is InChI=1S/C10H9ClN2OS/c1-14-8-4-6(2-3-7(8)11)9-5-13-10(12)15-9/h2-5H,1H3,(H2,12,13). The maximum atomic E-state index is 5.93. The largest absolute Gasteiger partial charge is 0.495 e. The number of hydrogen-bond acceptors (Lipinski definition) is 4. The van der Waals surface area contributed by atoms with Gasteiger partial charge in [0, 0.05) is 6.20 Å². The zero-order valence-corrected chi connectivity index (χ0v) is 9.60. The van der Waals surface area contributed by atoms with Gasteiger partial charge in [0.25, 0.3) is 0 Å². The quantitative estimate of drug-likeness (QED) is 0.878. The number of rotatable bonds is 2. The fraction of sp³-hybridized carbons (Fsp3) is 0.100. The van der Waals surface area contributed by atoms with Gasteiger partial charge in [-0.15, -0.1) is 0 Å². The van der Waals surface area contributed by atoms with Gasteiger partial charge in [0.05, 0.1) is 17.0 Å². The van der Waals surface area contributed by atoms with Crippen LogP contribution in [0.1, 0.15) is 0 Å². The van der Waals surface area contributed by atoms with Crippen LogP contribution in [0, 0.1) is 0 Å². The molecule has 0 aliphatic carbocycles. The topological polar surface area (TPSA) is 48.1 Å². The minimum Gasteiger partial charge on any atom is -0.495 e. The lowest BCUT2D eigenvalue weighted by Crippen LogP contribution is -1.84. The van der Waals surface area contributed by atoms with E-state index in [1.54, 1.807) is 19.4 Å². The van der Waals surface area contributed by atoms with Crippen molar-refractivity contribution in [1.29, 1.82) is 0 Å². The molecule has 2 rings (SSSR count). The highest BCUT2D eigenvalue weighted by atomic mass is 35.5. The monoisotopic (exact) mass is 240 g/mol. The number of methoxy groups -OCH3 is 1. The number of benzene rings is 1. The smallest absolute Gasteiger partial charge is 0.180 e. The number of ether oxygens (including phenoxy) is 1. The molecule has 1 aromatic heterocycles. The summed E-state index contributed by atoms with van der Waals surface area (Å²) in [5, 5.41) is 1.15. The molecule has 78 valence electrons. The van der Waals surface area contributed by atoms with Crippen LogP contribution >= 0.6 is 22.9 Å². The number of nitrogen functional groups attached to an aromatic ring is 1. The second-order valence-corrected chi connectivity index (χ2v) is 4.38. The van der Waals surface area contributed by atoms with E-state index < -0.39 is 0 Å². The van der Waals surface area contributed by atoms with Gasteiger partial charge >= 0.3 is 0 Å². The number of anilines is 1. The summed E-state index contributed by atoms with van der Waals surface area (Å²) < 4.78 is 5.13. The molecule has 2 N–H and O–H groups in total.